The van der Waals surface area contributed by atoms with Crippen molar-refractivity contribution in [2.45, 2.75) is 0 Å². The summed E-state index contributed by atoms with van der Waals surface area (Å²) in [6.45, 7) is 2.23. The molecule has 0 atom stereocenters. The van der Waals surface area contributed by atoms with Crippen LogP contribution in [-0.2, 0) is 4.79 Å². The maximum absolute atomic E-state index is 12.1. The van der Waals surface area contributed by atoms with E-state index < -0.39 is 0 Å². The maximum Gasteiger partial charge on any atom is 0.260 e. The Labute approximate surface area is 123 Å². The number of hydrogen-bond acceptors (Lipinski definition) is 4. The number of carbonyl (C=O) groups excluding carboxylic acids is 1. The summed E-state index contributed by atoms with van der Waals surface area (Å²) < 4.78 is 10.7. The summed E-state index contributed by atoms with van der Waals surface area (Å²) in [5.74, 6) is 1.12. The Hall–Kier alpha value is -2.44. The zero-order chi connectivity index (χ0) is 15.2. The van der Waals surface area contributed by atoms with Crippen LogP contribution < -0.4 is 15.2 Å². The normalized spacial score (nSPS) is 14.7. The Morgan fingerprint density at radius 2 is 1.76 bits per heavy atom. The number of para-hydroxylation sites is 2. The van der Waals surface area contributed by atoms with Crippen LogP contribution in [0.25, 0.3) is 0 Å². The van der Waals surface area contributed by atoms with Gasteiger partial charge in [-0.3, -0.25) is 10.2 Å². The molecule has 2 rings (SSSR count). The highest BCUT2D eigenvalue weighted by Crippen LogP contribution is 2.25. The van der Waals surface area contributed by atoms with Gasteiger partial charge in [0.1, 0.15) is 0 Å². The van der Waals surface area contributed by atoms with Crippen LogP contribution in [0.1, 0.15) is 0 Å². The van der Waals surface area contributed by atoms with Crippen LogP contribution in [0.2, 0.25) is 0 Å². The molecule has 0 unspecified atom stereocenters. The molecule has 0 aromatic heterocycles. The number of benzene rings is 1. The monoisotopic (exact) mass is 292 g/mol. The van der Waals surface area contributed by atoms with Crippen molar-refractivity contribution in [1.29, 1.82) is 5.41 Å². The number of nitrogens with two attached hydrogens (primary N) is 1. The third kappa shape index (κ3) is 3.77. The van der Waals surface area contributed by atoms with Gasteiger partial charge >= 0.3 is 0 Å². The summed E-state index contributed by atoms with van der Waals surface area (Å²) in [7, 11) is 1.56. The first-order valence-electron chi connectivity index (χ1n) is 6.74. The van der Waals surface area contributed by atoms with Crippen molar-refractivity contribution in [2.75, 3.05) is 39.9 Å². The zero-order valence-electron chi connectivity index (χ0n) is 12.0. The van der Waals surface area contributed by atoms with Gasteiger partial charge in [-0.2, -0.15) is 0 Å². The van der Waals surface area contributed by atoms with Gasteiger partial charge in [0.25, 0.3) is 5.91 Å². The number of piperazine rings is 1. The SMILES string of the molecule is COc1ccccc1OCC(=O)N1CCN(C(=N)N)CC1. The van der Waals surface area contributed by atoms with Crippen molar-refractivity contribution in [3.8, 4) is 11.5 Å². The minimum Gasteiger partial charge on any atom is -0.493 e. The largest absolute Gasteiger partial charge is 0.493 e. The Bertz CT molecular complexity index is 513. The maximum atomic E-state index is 12.1. The van der Waals surface area contributed by atoms with E-state index in [-0.39, 0.29) is 18.5 Å². The van der Waals surface area contributed by atoms with Gasteiger partial charge < -0.3 is 25.0 Å². The third-order valence-corrected chi connectivity index (χ3v) is 3.39. The topological polar surface area (TPSA) is 91.9 Å². The number of carbonyl (C=O) groups is 1. The van der Waals surface area contributed by atoms with Crippen LogP contribution in [0.4, 0.5) is 0 Å². The molecule has 3 N–H and O–H groups in total. The van der Waals surface area contributed by atoms with E-state index in [1.807, 2.05) is 12.1 Å². The Kier molecular flexibility index (Phi) is 4.86. The predicted octanol–water partition coefficient (Wildman–Crippen LogP) is 0.112. The molecule has 114 valence electrons. The van der Waals surface area contributed by atoms with Crippen molar-refractivity contribution in [3.63, 3.8) is 0 Å². The first-order chi connectivity index (χ1) is 10.1. The summed E-state index contributed by atoms with van der Waals surface area (Å²) in [4.78, 5) is 15.6. The van der Waals surface area contributed by atoms with Crippen molar-refractivity contribution >= 4 is 11.9 Å². The molecule has 0 saturated carbocycles. The first-order valence-corrected chi connectivity index (χ1v) is 6.74. The van der Waals surface area contributed by atoms with Gasteiger partial charge in [-0.1, -0.05) is 12.1 Å². The lowest BCUT2D eigenvalue weighted by Crippen LogP contribution is -2.53. The van der Waals surface area contributed by atoms with E-state index in [9.17, 15) is 4.79 Å². The lowest BCUT2D eigenvalue weighted by atomic mass is 10.3. The molecule has 0 radical (unpaired) electrons. The Morgan fingerprint density at radius 3 is 2.33 bits per heavy atom. The van der Waals surface area contributed by atoms with Gasteiger partial charge in [-0.25, -0.2) is 0 Å². The van der Waals surface area contributed by atoms with E-state index in [1.54, 1.807) is 29.0 Å². The second-order valence-electron chi connectivity index (χ2n) is 4.69. The molecular formula is C14H20N4O3. The van der Waals surface area contributed by atoms with E-state index in [1.165, 1.54) is 0 Å². The van der Waals surface area contributed by atoms with E-state index >= 15 is 0 Å². The van der Waals surface area contributed by atoms with Crippen molar-refractivity contribution in [2.24, 2.45) is 5.73 Å². The fourth-order valence-electron chi connectivity index (χ4n) is 2.17. The number of rotatable bonds is 4. The molecule has 1 fully saturated rings. The molecule has 0 aliphatic carbocycles. The second-order valence-corrected chi connectivity index (χ2v) is 4.69. The quantitative estimate of drug-likeness (QED) is 0.607. The van der Waals surface area contributed by atoms with Crippen LogP contribution in [0, 0.1) is 5.41 Å². The molecule has 1 amide bonds. The molecule has 1 saturated heterocycles. The number of guanidine groups is 1. The molecule has 7 heteroatoms. The van der Waals surface area contributed by atoms with Crippen molar-refractivity contribution in [3.05, 3.63) is 24.3 Å². The smallest absolute Gasteiger partial charge is 0.260 e. The molecule has 0 spiro atoms. The van der Waals surface area contributed by atoms with Gasteiger partial charge in [0, 0.05) is 26.2 Å². The number of ether oxygens (including phenoxy) is 2. The van der Waals surface area contributed by atoms with Crippen molar-refractivity contribution < 1.29 is 14.3 Å². The minimum absolute atomic E-state index is 0.0273. The summed E-state index contributed by atoms with van der Waals surface area (Å²) in [6, 6.07) is 7.22. The minimum atomic E-state index is -0.0795. The summed E-state index contributed by atoms with van der Waals surface area (Å²) >= 11 is 0. The van der Waals surface area contributed by atoms with Crippen molar-refractivity contribution in [1.82, 2.24) is 9.80 Å². The lowest BCUT2D eigenvalue weighted by Gasteiger charge is -2.34. The summed E-state index contributed by atoms with van der Waals surface area (Å²) in [5, 5.41) is 7.36. The highest BCUT2D eigenvalue weighted by atomic mass is 16.5. The molecule has 1 heterocycles. The highest BCUT2D eigenvalue weighted by Gasteiger charge is 2.22. The molecular weight excluding hydrogens is 272 g/mol. The Morgan fingerprint density at radius 1 is 1.19 bits per heavy atom. The molecule has 7 nitrogen and oxygen atoms in total. The number of hydrogen-bond donors (Lipinski definition) is 2. The molecule has 0 bridgehead atoms. The first kappa shape index (κ1) is 15.0. The van der Waals surface area contributed by atoms with Gasteiger partial charge in [0.2, 0.25) is 0 Å². The lowest BCUT2D eigenvalue weighted by molar-refractivity contribution is -0.134. The van der Waals surface area contributed by atoms with E-state index in [2.05, 4.69) is 0 Å². The third-order valence-electron chi connectivity index (χ3n) is 3.39. The van der Waals surface area contributed by atoms with E-state index in [4.69, 9.17) is 20.6 Å². The van der Waals surface area contributed by atoms with E-state index in [0.29, 0.717) is 37.7 Å². The molecule has 1 aromatic carbocycles. The van der Waals surface area contributed by atoms with Crippen LogP contribution in [0.3, 0.4) is 0 Å². The fraction of sp³-hybridized carbons (Fsp3) is 0.429. The number of methoxy groups -OCH3 is 1. The van der Waals surface area contributed by atoms with Gasteiger partial charge in [0.05, 0.1) is 7.11 Å². The van der Waals surface area contributed by atoms with E-state index in [0.717, 1.165) is 0 Å². The second kappa shape index (κ2) is 6.83. The van der Waals surface area contributed by atoms with Crippen LogP contribution >= 0.6 is 0 Å². The van der Waals surface area contributed by atoms with Gasteiger partial charge in [-0.15, -0.1) is 0 Å². The molecule has 1 aliphatic heterocycles. The number of amides is 1. The standard InChI is InChI=1S/C14H20N4O3/c1-20-11-4-2-3-5-12(11)21-10-13(19)17-6-8-18(9-7-17)14(15)16/h2-5H,6-10H2,1H3,(H3,15,16). The molecule has 21 heavy (non-hydrogen) atoms. The molecule has 1 aliphatic rings. The fourth-order valence-corrected chi connectivity index (χ4v) is 2.17. The average molecular weight is 292 g/mol. The molecule has 1 aromatic rings. The predicted molar refractivity (Wildman–Crippen MR) is 78.6 cm³/mol. The van der Waals surface area contributed by atoms with Crippen LogP contribution in [-0.4, -0.2) is 61.6 Å². The number of nitrogens with one attached hydrogen (secondary N) is 1. The summed E-state index contributed by atoms with van der Waals surface area (Å²) in [5.41, 5.74) is 5.42. The number of nitrogens with zero attached hydrogens (tertiary/aromatic N) is 2. The zero-order valence-corrected chi connectivity index (χ0v) is 12.0. The van der Waals surface area contributed by atoms with Gasteiger partial charge in [-0.05, 0) is 12.1 Å². The van der Waals surface area contributed by atoms with Crippen LogP contribution in [0.15, 0.2) is 24.3 Å². The highest BCUT2D eigenvalue weighted by molar-refractivity contribution is 5.79. The van der Waals surface area contributed by atoms with Crippen LogP contribution in [0.5, 0.6) is 11.5 Å². The summed E-state index contributed by atoms with van der Waals surface area (Å²) in [6.07, 6.45) is 0. The average Bonchev–Trinajstić information content (AvgIpc) is 2.52. The van der Waals surface area contributed by atoms with Gasteiger partial charge in [0.15, 0.2) is 24.1 Å². The Balaban J connectivity index is 1.84.